The van der Waals surface area contributed by atoms with Crippen LogP contribution >= 0.6 is 0 Å². The zero-order valence-electron chi connectivity index (χ0n) is 11.0. The molecule has 1 aliphatic heterocycles. The Morgan fingerprint density at radius 3 is 2.68 bits per heavy atom. The molecule has 0 bridgehead atoms. The average molecular weight is 262 g/mol. The highest BCUT2D eigenvalue weighted by Crippen LogP contribution is 2.14. The minimum Gasteiger partial charge on any atom is -0.385 e. The van der Waals surface area contributed by atoms with Gasteiger partial charge in [-0.3, -0.25) is 9.69 Å². The van der Waals surface area contributed by atoms with E-state index in [2.05, 4.69) is 5.32 Å². The highest BCUT2D eigenvalue weighted by atomic mass is 16.5. The topological polar surface area (TPSA) is 58.6 Å². The van der Waals surface area contributed by atoms with Crippen molar-refractivity contribution in [2.24, 2.45) is 0 Å². The number of methoxy groups -OCH3 is 1. The fraction of sp³-hybridized carbons (Fsp3) is 0.429. The summed E-state index contributed by atoms with van der Waals surface area (Å²) >= 11 is 0. The van der Waals surface area contributed by atoms with Crippen LogP contribution in [0.5, 0.6) is 0 Å². The minimum absolute atomic E-state index is 0.148. The first-order valence-corrected chi connectivity index (χ1v) is 6.37. The van der Waals surface area contributed by atoms with E-state index in [1.807, 2.05) is 30.3 Å². The Morgan fingerprint density at radius 1 is 1.26 bits per heavy atom. The molecule has 1 aromatic rings. The first-order chi connectivity index (χ1) is 9.22. The molecule has 1 aromatic carbocycles. The number of hydrogen-bond acceptors (Lipinski definition) is 3. The number of amides is 3. The van der Waals surface area contributed by atoms with E-state index < -0.39 is 6.04 Å². The van der Waals surface area contributed by atoms with E-state index in [0.29, 0.717) is 19.6 Å². The third-order valence-electron chi connectivity index (χ3n) is 3.13. The van der Waals surface area contributed by atoms with Crippen LogP contribution in [-0.4, -0.2) is 36.6 Å². The Bertz CT molecular complexity index is 447. The van der Waals surface area contributed by atoms with Crippen molar-refractivity contribution in [1.82, 2.24) is 10.2 Å². The van der Waals surface area contributed by atoms with Gasteiger partial charge in [0.05, 0.1) is 6.54 Å². The molecule has 2 rings (SSSR count). The van der Waals surface area contributed by atoms with Gasteiger partial charge in [-0.2, -0.15) is 0 Å². The Labute approximate surface area is 112 Å². The second kappa shape index (κ2) is 6.33. The number of carbonyl (C=O) groups is 2. The standard InChI is InChI=1S/C14H18N2O3/c1-19-9-5-8-12-13(17)16(14(18)15-12)10-11-6-3-2-4-7-11/h2-4,6-7,12H,5,8-10H2,1H3,(H,15,18). The molecule has 3 amide bonds. The molecule has 0 aromatic heterocycles. The largest absolute Gasteiger partial charge is 0.385 e. The molecule has 5 nitrogen and oxygen atoms in total. The maximum atomic E-state index is 12.1. The predicted octanol–water partition coefficient (Wildman–Crippen LogP) is 1.53. The first kappa shape index (κ1) is 13.5. The van der Waals surface area contributed by atoms with Crippen molar-refractivity contribution in [1.29, 1.82) is 0 Å². The van der Waals surface area contributed by atoms with Crippen LogP contribution in [0.25, 0.3) is 0 Å². The van der Waals surface area contributed by atoms with Gasteiger partial charge in [0.25, 0.3) is 5.91 Å². The third kappa shape index (κ3) is 3.32. The summed E-state index contributed by atoms with van der Waals surface area (Å²) in [5.41, 5.74) is 0.948. The second-order valence-corrected chi connectivity index (χ2v) is 4.55. The normalized spacial score (nSPS) is 18.8. The smallest absolute Gasteiger partial charge is 0.325 e. The summed E-state index contributed by atoms with van der Waals surface area (Å²) in [4.78, 5) is 25.2. The van der Waals surface area contributed by atoms with Gasteiger partial charge in [-0.05, 0) is 18.4 Å². The van der Waals surface area contributed by atoms with Crippen molar-refractivity contribution in [3.8, 4) is 0 Å². The van der Waals surface area contributed by atoms with Crippen molar-refractivity contribution in [2.75, 3.05) is 13.7 Å². The SMILES string of the molecule is COCCCC1NC(=O)N(Cc2ccccc2)C1=O. The van der Waals surface area contributed by atoms with Crippen LogP contribution in [0, 0.1) is 0 Å². The molecule has 1 N–H and O–H groups in total. The minimum atomic E-state index is -0.411. The lowest BCUT2D eigenvalue weighted by molar-refractivity contribution is -0.128. The van der Waals surface area contributed by atoms with Crippen molar-refractivity contribution in [2.45, 2.75) is 25.4 Å². The molecule has 0 saturated carbocycles. The highest BCUT2D eigenvalue weighted by molar-refractivity contribution is 6.04. The van der Waals surface area contributed by atoms with Crippen LogP contribution in [-0.2, 0) is 16.1 Å². The van der Waals surface area contributed by atoms with Gasteiger partial charge in [-0.25, -0.2) is 4.79 Å². The zero-order chi connectivity index (χ0) is 13.7. The van der Waals surface area contributed by atoms with Gasteiger partial charge in [-0.1, -0.05) is 30.3 Å². The first-order valence-electron chi connectivity index (χ1n) is 6.37. The Balaban J connectivity index is 1.95. The van der Waals surface area contributed by atoms with E-state index in [1.54, 1.807) is 7.11 Å². The Kier molecular flexibility index (Phi) is 4.52. The van der Waals surface area contributed by atoms with Crippen LogP contribution in [0.2, 0.25) is 0 Å². The molecule has 1 aliphatic rings. The monoisotopic (exact) mass is 262 g/mol. The van der Waals surface area contributed by atoms with Crippen molar-refractivity contribution < 1.29 is 14.3 Å². The maximum Gasteiger partial charge on any atom is 0.325 e. The predicted molar refractivity (Wildman–Crippen MR) is 70.4 cm³/mol. The van der Waals surface area contributed by atoms with E-state index in [1.165, 1.54) is 4.90 Å². The van der Waals surface area contributed by atoms with Crippen LogP contribution in [0.4, 0.5) is 4.79 Å². The van der Waals surface area contributed by atoms with E-state index in [-0.39, 0.29) is 11.9 Å². The molecule has 1 saturated heterocycles. The lowest BCUT2D eigenvalue weighted by Crippen LogP contribution is -2.31. The molecule has 1 unspecified atom stereocenters. The number of nitrogens with zero attached hydrogens (tertiary/aromatic N) is 1. The molecule has 19 heavy (non-hydrogen) atoms. The second-order valence-electron chi connectivity index (χ2n) is 4.55. The van der Waals surface area contributed by atoms with Crippen molar-refractivity contribution >= 4 is 11.9 Å². The summed E-state index contributed by atoms with van der Waals surface area (Å²) in [5, 5.41) is 2.71. The van der Waals surface area contributed by atoms with Gasteiger partial charge < -0.3 is 10.1 Å². The van der Waals surface area contributed by atoms with Crippen LogP contribution in [0.1, 0.15) is 18.4 Å². The molecular formula is C14H18N2O3. The van der Waals surface area contributed by atoms with Gasteiger partial charge in [0.15, 0.2) is 0 Å². The Morgan fingerprint density at radius 2 is 2.00 bits per heavy atom. The molecule has 1 atom stereocenters. The Hall–Kier alpha value is -1.88. The number of rotatable bonds is 6. The van der Waals surface area contributed by atoms with E-state index in [9.17, 15) is 9.59 Å². The lowest BCUT2D eigenvalue weighted by atomic mass is 10.1. The van der Waals surface area contributed by atoms with Gasteiger partial charge in [0.1, 0.15) is 6.04 Å². The van der Waals surface area contributed by atoms with Crippen molar-refractivity contribution in [3.05, 3.63) is 35.9 Å². The van der Waals surface area contributed by atoms with Gasteiger partial charge in [0.2, 0.25) is 0 Å². The molecule has 1 heterocycles. The van der Waals surface area contributed by atoms with Gasteiger partial charge in [0, 0.05) is 13.7 Å². The van der Waals surface area contributed by atoms with E-state index in [4.69, 9.17) is 4.74 Å². The van der Waals surface area contributed by atoms with Gasteiger partial charge in [-0.15, -0.1) is 0 Å². The maximum absolute atomic E-state index is 12.1. The summed E-state index contributed by atoms with van der Waals surface area (Å²) in [6.07, 6.45) is 1.37. The molecule has 102 valence electrons. The highest BCUT2D eigenvalue weighted by Gasteiger charge is 2.37. The molecule has 0 aliphatic carbocycles. The number of benzene rings is 1. The van der Waals surface area contributed by atoms with Gasteiger partial charge >= 0.3 is 6.03 Å². The zero-order valence-corrected chi connectivity index (χ0v) is 11.0. The van der Waals surface area contributed by atoms with Crippen LogP contribution < -0.4 is 5.32 Å². The quantitative estimate of drug-likeness (QED) is 0.625. The molecule has 0 spiro atoms. The fourth-order valence-corrected chi connectivity index (χ4v) is 2.12. The number of carbonyl (C=O) groups excluding carboxylic acids is 2. The third-order valence-corrected chi connectivity index (χ3v) is 3.13. The number of urea groups is 1. The lowest BCUT2D eigenvalue weighted by Gasteiger charge is -2.12. The average Bonchev–Trinajstić information content (AvgIpc) is 2.68. The summed E-state index contributed by atoms with van der Waals surface area (Å²) in [7, 11) is 1.62. The molecule has 0 radical (unpaired) electrons. The van der Waals surface area contributed by atoms with Crippen LogP contribution in [0.15, 0.2) is 30.3 Å². The van der Waals surface area contributed by atoms with E-state index in [0.717, 1.165) is 12.0 Å². The molecule has 1 fully saturated rings. The number of hydrogen-bond donors (Lipinski definition) is 1. The summed E-state index contributed by atoms with van der Waals surface area (Å²) < 4.78 is 4.95. The fourth-order valence-electron chi connectivity index (χ4n) is 2.12. The number of ether oxygens (including phenoxy) is 1. The van der Waals surface area contributed by atoms with Crippen molar-refractivity contribution in [3.63, 3.8) is 0 Å². The molecule has 5 heteroatoms. The number of nitrogens with one attached hydrogen (secondary N) is 1. The summed E-state index contributed by atoms with van der Waals surface area (Å²) in [5.74, 6) is -0.148. The van der Waals surface area contributed by atoms with E-state index >= 15 is 0 Å². The summed E-state index contributed by atoms with van der Waals surface area (Å²) in [6, 6.07) is 8.77. The molecular weight excluding hydrogens is 244 g/mol. The summed E-state index contributed by atoms with van der Waals surface area (Å²) in [6.45, 7) is 0.921. The number of imide groups is 1. The van der Waals surface area contributed by atoms with Crippen LogP contribution in [0.3, 0.4) is 0 Å².